The molecule has 30 heavy (non-hydrogen) atoms. The van der Waals surface area contributed by atoms with Crippen molar-refractivity contribution in [3.05, 3.63) is 101 Å². The van der Waals surface area contributed by atoms with Crippen LogP contribution in [0.4, 0.5) is 10.1 Å². The second-order valence-corrected chi connectivity index (χ2v) is 8.96. The summed E-state index contributed by atoms with van der Waals surface area (Å²) in [5.41, 5.74) is 3.58. The summed E-state index contributed by atoms with van der Waals surface area (Å²) in [6, 6.07) is 19.9. The quantitative estimate of drug-likeness (QED) is 0.620. The first-order valence-electron chi connectivity index (χ1n) is 9.39. The van der Waals surface area contributed by atoms with Crippen molar-refractivity contribution in [1.29, 1.82) is 0 Å². The smallest absolute Gasteiger partial charge is 0.251 e. The minimum absolute atomic E-state index is 0.210. The Balaban J connectivity index is 1.73. The van der Waals surface area contributed by atoms with Crippen LogP contribution in [0.3, 0.4) is 0 Å². The third kappa shape index (κ3) is 5.45. The zero-order chi connectivity index (χ0) is 21.7. The Hall–Kier alpha value is -3.19. The van der Waals surface area contributed by atoms with Gasteiger partial charge in [0.25, 0.3) is 5.91 Å². The van der Waals surface area contributed by atoms with Crippen molar-refractivity contribution in [3.8, 4) is 0 Å². The number of nitrogens with zero attached hydrogens (tertiary/aromatic N) is 1. The summed E-state index contributed by atoms with van der Waals surface area (Å²) in [5, 5.41) is 2.77. The van der Waals surface area contributed by atoms with Crippen LogP contribution in [0.1, 0.15) is 27.0 Å². The number of halogens is 1. The molecule has 0 bridgehead atoms. The second kappa shape index (κ2) is 9.09. The highest BCUT2D eigenvalue weighted by Crippen LogP contribution is 2.22. The van der Waals surface area contributed by atoms with Gasteiger partial charge in [-0.15, -0.1) is 0 Å². The molecule has 7 heteroatoms. The highest BCUT2D eigenvalue weighted by molar-refractivity contribution is 7.92. The Labute approximate surface area is 176 Å². The van der Waals surface area contributed by atoms with Gasteiger partial charge in [0.15, 0.2) is 0 Å². The van der Waals surface area contributed by atoms with E-state index >= 15 is 0 Å². The predicted octanol–water partition coefficient (Wildman–Crippen LogP) is 4.03. The van der Waals surface area contributed by atoms with Crippen molar-refractivity contribution in [2.24, 2.45) is 0 Å². The normalized spacial score (nSPS) is 11.2. The molecule has 1 N–H and O–H groups in total. The summed E-state index contributed by atoms with van der Waals surface area (Å²) >= 11 is 0. The molecule has 156 valence electrons. The van der Waals surface area contributed by atoms with Crippen molar-refractivity contribution >= 4 is 21.6 Å². The van der Waals surface area contributed by atoms with Gasteiger partial charge in [0, 0.05) is 12.1 Å². The van der Waals surface area contributed by atoms with E-state index in [9.17, 15) is 17.6 Å². The highest BCUT2D eigenvalue weighted by atomic mass is 32.2. The lowest BCUT2D eigenvalue weighted by molar-refractivity contribution is 0.0951. The number of aryl methyl sites for hydroxylation is 1. The van der Waals surface area contributed by atoms with Crippen LogP contribution < -0.4 is 9.62 Å². The number of sulfonamides is 1. The van der Waals surface area contributed by atoms with E-state index < -0.39 is 10.0 Å². The van der Waals surface area contributed by atoms with E-state index in [1.807, 2.05) is 31.2 Å². The largest absolute Gasteiger partial charge is 0.348 e. The van der Waals surface area contributed by atoms with Gasteiger partial charge in [-0.1, -0.05) is 36.4 Å². The van der Waals surface area contributed by atoms with Gasteiger partial charge in [0.1, 0.15) is 5.82 Å². The molecule has 3 aromatic carbocycles. The lowest BCUT2D eigenvalue weighted by Crippen LogP contribution is -2.29. The van der Waals surface area contributed by atoms with Crippen molar-refractivity contribution in [1.82, 2.24) is 5.32 Å². The fourth-order valence-electron chi connectivity index (χ4n) is 3.01. The Bertz CT molecular complexity index is 1130. The monoisotopic (exact) mass is 426 g/mol. The molecule has 0 saturated heterocycles. The van der Waals surface area contributed by atoms with Crippen LogP contribution in [0.5, 0.6) is 0 Å². The van der Waals surface area contributed by atoms with E-state index in [0.717, 1.165) is 22.9 Å². The molecule has 1 amide bonds. The van der Waals surface area contributed by atoms with Crippen molar-refractivity contribution in [2.75, 3.05) is 10.6 Å². The average Bonchev–Trinajstić information content (AvgIpc) is 2.72. The molecular formula is C23H23FN2O3S. The van der Waals surface area contributed by atoms with Gasteiger partial charge in [-0.25, -0.2) is 12.8 Å². The van der Waals surface area contributed by atoms with Gasteiger partial charge >= 0.3 is 0 Å². The summed E-state index contributed by atoms with van der Waals surface area (Å²) in [4.78, 5) is 12.4. The van der Waals surface area contributed by atoms with Crippen LogP contribution in [-0.2, 0) is 23.1 Å². The Morgan fingerprint density at radius 1 is 0.967 bits per heavy atom. The molecular weight excluding hydrogens is 403 g/mol. The van der Waals surface area contributed by atoms with Crippen LogP contribution >= 0.6 is 0 Å². The molecule has 0 spiro atoms. The van der Waals surface area contributed by atoms with E-state index in [-0.39, 0.29) is 24.8 Å². The molecule has 0 saturated carbocycles. The fraction of sp³-hybridized carbons (Fsp3) is 0.174. The number of rotatable bonds is 7. The first kappa shape index (κ1) is 21.5. The summed E-state index contributed by atoms with van der Waals surface area (Å²) in [6.07, 6.45) is 1.16. The molecule has 3 aromatic rings. The van der Waals surface area contributed by atoms with E-state index in [1.54, 1.807) is 36.4 Å². The minimum Gasteiger partial charge on any atom is -0.348 e. The molecule has 0 heterocycles. The molecule has 0 unspecified atom stereocenters. The number of amides is 1. The summed E-state index contributed by atoms with van der Waals surface area (Å²) in [5.74, 6) is -0.627. The van der Waals surface area contributed by atoms with Crippen LogP contribution in [-0.4, -0.2) is 20.6 Å². The SMILES string of the molecule is Cc1ccccc1CN(c1ccc(C(=O)NCc2ccc(F)cc2)cc1)S(C)(=O)=O. The highest BCUT2D eigenvalue weighted by Gasteiger charge is 2.19. The van der Waals surface area contributed by atoms with Gasteiger partial charge < -0.3 is 5.32 Å². The average molecular weight is 427 g/mol. The number of hydrogen-bond donors (Lipinski definition) is 1. The van der Waals surface area contributed by atoms with Crippen molar-refractivity contribution in [3.63, 3.8) is 0 Å². The van der Waals surface area contributed by atoms with Crippen LogP contribution in [0, 0.1) is 12.7 Å². The molecule has 5 nitrogen and oxygen atoms in total. The molecule has 3 rings (SSSR count). The zero-order valence-electron chi connectivity index (χ0n) is 16.8. The summed E-state index contributed by atoms with van der Waals surface area (Å²) < 4.78 is 39.0. The van der Waals surface area contributed by atoms with Crippen LogP contribution in [0.15, 0.2) is 72.8 Å². The Morgan fingerprint density at radius 3 is 2.20 bits per heavy atom. The van der Waals surface area contributed by atoms with Crippen molar-refractivity contribution < 1.29 is 17.6 Å². The summed E-state index contributed by atoms with van der Waals surface area (Å²) in [6.45, 7) is 2.41. The lowest BCUT2D eigenvalue weighted by Gasteiger charge is -2.23. The van der Waals surface area contributed by atoms with Gasteiger partial charge in [-0.3, -0.25) is 9.10 Å². The number of nitrogens with one attached hydrogen (secondary N) is 1. The van der Waals surface area contributed by atoms with Gasteiger partial charge in [-0.2, -0.15) is 0 Å². The predicted molar refractivity (Wildman–Crippen MR) is 116 cm³/mol. The van der Waals surface area contributed by atoms with Gasteiger partial charge in [-0.05, 0) is 60.0 Å². The van der Waals surface area contributed by atoms with E-state index in [0.29, 0.717) is 11.3 Å². The third-order valence-corrected chi connectivity index (χ3v) is 5.90. The fourth-order valence-corrected chi connectivity index (χ4v) is 3.89. The third-order valence-electron chi connectivity index (χ3n) is 4.76. The number of hydrogen-bond acceptors (Lipinski definition) is 3. The molecule has 0 aliphatic rings. The number of benzene rings is 3. The van der Waals surface area contributed by atoms with E-state index in [4.69, 9.17) is 0 Å². The number of carbonyl (C=O) groups excluding carboxylic acids is 1. The van der Waals surface area contributed by atoms with Gasteiger partial charge in [0.2, 0.25) is 10.0 Å². The second-order valence-electron chi connectivity index (χ2n) is 7.05. The molecule has 0 atom stereocenters. The number of carbonyl (C=O) groups is 1. The van der Waals surface area contributed by atoms with Crippen LogP contribution in [0.2, 0.25) is 0 Å². The van der Waals surface area contributed by atoms with Gasteiger partial charge in [0.05, 0.1) is 18.5 Å². The molecule has 0 fully saturated rings. The maximum Gasteiger partial charge on any atom is 0.251 e. The minimum atomic E-state index is -3.51. The standard InChI is InChI=1S/C23H23FN2O3S/c1-17-5-3-4-6-20(17)16-26(30(2,28)29)22-13-9-19(10-14-22)23(27)25-15-18-7-11-21(24)12-8-18/h3-14H,15-16H2,1-2H3,(H,25,27). The Morgan fingerprint density at radius 2 is 1.60 bits per heavy atom. The summed E-state index contributed by atoms with van der Waals surface area (Å²) in [7, 11) is -3.51. The van der Waals surface area contributed by atoms with E-state index in [2.05, 4.69) is 5.32 Å². The van der Waals surface area contributed by atoms with Crippen molar-refractivity contribution in [2.45, 2.75) is 20.0 Å². The maximum absolute atomic E-state index is 13.0. The molecule has 0 radical (unpaired) electrons. The van der Waals surface area contributed by atoms with Crippen LogP contribution in [0.25, 0.3) is 0 Å². The molecule has 0 aliphatic carbocycles. The maximum atomic E-state index is 13.0. The first-order valence-corrected chi connectivity index (χ1v) is 11.2. The first-order chi connectivity index (χ1) is 14.2. The zero-order valence-corrected chi connectivity index (χ0v) is 17.6. The molecule has 0 aliphatic heterocycles. The Kier molecular flexibility index (Phi) is 6.52. The topological polar surface area (TPSA) is 66.5 Å². The molecule has 0 aromatic heterocycles. The lowest BCUT2D eigenvalue weighted by atomic mass is 10.1. The number of anilines is 1. The van der Waals surface area contributed by atoms with E-state index in [1.165, 1.54) is 16.4 Å².